The molecule has 2 aromatic heterocycles. The van der Waals surface area contributed by atoms with Crippen molar-refractivity contribution in [1.82, 2.24) is 24.6 Å². The largest absolute Gasteiger partial charge is 0.297 e. The van der Waals surface area contributed by atoms with Gasteiger partial charge in [0, 0.05) is 56.2 Å². The minimum Gasteiger partial charge on any atom is -0.297 e. The zero-order chi connectivity index (χ0) is 16.6. The SMILES string of the molecule is Cc1cccc(CN2CCC23CCCN(Cc2cnn(C)c2)C3)n1. The van der Waals surface area contributed by atoms with Crippen molar-refractivity contribution in [2.75, 3.05) is 19.6 Å². The number of pyridine rings is 1. The first-order valence-electron chi connectivity index (χ1n) is 9.00. The number of likely N-dealkylation sites (tertiary alicyclic amines) is 2. The van der Waals surface area contributed by atoms with Crippen LogP contribution in [0.3, 0.4) is 0 Å². The predicted octanol–water partition coefficient (Wildman–Crippen LogP) is 2.36. The van der Waals surface area contributed by atoms with Crippen LogP contribution in [0.4, 0.5) is 0 Å². The molecule has 0 aromatic carbocycles. The van der Waals surface area contributed by atoms with E-state index >= 15 is 0 Å². The second-order valence-electron chi connectivity index (χ2n) is 7.50. The lowest BCUT2D eigenvalue weighted by Crippen LogP contribution is -2.66. The summed E-state index contributed by atoms with van der Waals surface area (Å²) in [5.41, 5.74) is 4.01. The van der Waals surface area contributed by atoms with Crippen molar-refractivity contribution in [1.29, 1.82) is 0 Å². The molecule has 2 aliphatic heterocycles. The van der Waals surface area contributed by atoms with Crippen LogP contribution < -0.4 is 0 Å². The van der Waals surface area contributed by atoms with E-state index in [0.717, 1.165) is 18.8 Å². The lowest BCUT2D eigenvalue weighted by Gasteiger charge is -2.57. The molecular formula is C19H27N5. The molecule has 0 bridgehead atoms. The van der Waals surface area contributed by atoms with Gasteiger partial charge in [-0.1, -0.05) is 6.07 Å². The molecule has 2 aliphatic rings. The molecule has 1 unspecified atom stereocenters. The van der Waals surface area contributed by atoms with E-state index in [1.54, 1.807) is 0 Å². The third kappa shape index (κ3) is 3.10. The first-order valence-corrected chi connectivity index (χ1v) is 9.00. The fraction of sp³-hybridized carbons (Fsp3) is 0.579. The molecule has 2 fully saturated rings. The summed E-state index contributed by atoms with van der Waals surface area (Å²) >= 11 is 0. The number of rotatable bonds is 4. The Kier molecular flexibility index (Phi) is 4.14. The summed E-state index contributed by atoms with van der Waals surface area (Å²) in [4.78, 5) is 9.96. The minimum absolute atomic E-state index is 0.367. The van der Waals surface area contributed by atoms with Crippen LogP contribution in [0.1, 0.15) is 36.2 Å². The Morgan fingerprint density at radius 3 is 2.79 bits per heavy atom. The van der Waals surface area contributed by atoms with Crippen molar-refractivity contribution in [2.24, 2.45) is 7.05 Å². The smallest absolute Gasteiger partial charge is 0.0547 e. The average Bonchev–Trinajstić information content (AvgIpc) is 2.97. The van der Waals surface area contributed by atoms with Crippen LogP contribution >= 0.6 is 0 Å². The molecule has 0 saturated carbocycles. The molecule has 0 aliphatic carbocycles. The van der Waals surface area contributed by atoms with Crippen LogP contribution in [-0.4, -0.2) is 49.7 Å². The number of nitrogens with zero attached hydrogens (tertiary/aromatic N) is 5. The van der Waals surface area contributed by atoms with Gasteiger partial charge in [0.2, 0.25) is 0 Å². The molecular weight excluding hydrogens is 298 g/mol. The van der Waals surface area contributed by atoms with Crippen LogP contribution in [0.15, 0.2) is 30.6 Å². The first-order chi connectivity index (χ1) is 11.6. The molecule has 24 heavy (non-hydrogen) atoms. The van der Waals surface area contributed by atoms with Gasteiger partial charge in [-0.25, -0.2) is 0 Å². The molecule has 128 valence electrons. The van der Waals surface area contributed by atoms with E-state index in [-0.39, 0.29) is 0 Å². The molecule has 0 radical (unpaired) electrons. The van der Waals surface area contributed by atoms with E-state index in [2.05, 4.69) is 46.2 Å². The number of aryl methyl sites for hydroxylation is 2. The highest BCUT2D eigenvalue weighted by atomic mass is 15.3. The highest BCUT2D eigenvalue weighted by Crippen LogP contribution is 2.39. The maximum atomic E-state index is 4.70. The minimum atomic E-state index is 0.367. The molecule has 0 amide bonds. The quantitative estimate of drug-likeness (QED) is 0.865. The van der Waals surface area contributed by atoms with Crippen LogP contribution in [0.2, 0.25) is 0 Å². The normalized spacial score (nSPS) is 25.1. The van der Waals surface area contributed by atoms with E-state index in [1.807, 2.05) is 17.9 Å². The maximum absolute atomic E-state index is 4.70. The van der Waals surface area contributed by atoms with Gasteiger partial charge in [0.1, 0.15) is 0 Å². The molecule has 0 N–H and O–H groups in total. The summed E-state index contributed by atoms with van der Waals surface area (Å²) in [5, 5.41) is 4.30. The zero-order valence-corrected chi connectivity index (χ0v) is 14.8. The monoisotopic (exact) mass is 325 g/mol. The van der Waals surface area contributed by atoms with Gasteiger partial charge in [-0.2, -0.15) is 5.10 Å². The van der Waals surface area contributed by atoms with Crippen LogP contribution in [-0.2, 0) is 20.1 Å². The Bertz CT molecular complexity index is 709. The third-order valence-corrected chi connectivity index (χ3v) is 5.62. The van der Waals surface area contributed by atoms with Crippen molar-refractivity contribution in [3.63, 3.8) is 0 Å². The van der Waals surface area contributed by atoms with Gasteiger partial charge in [0.05, 0.1) is 11.9 Å². The standard InChI is InChI=1S/C19H27N5/c1-16-5-3-6-18(21-16)14-24-10-8-19(24)7-4-9-23(15-19)13-17-11-20-22(2)12-17/h3,5-6,11-12H,4,7-10,13-15H2,1-2H3. The maximum Gasteiger partial charge on any atom is 0.0547 e. The highest BCUT2D eigenvalue weighted by molar-refractivity contribution is 5.13. The Labute approximate surface area is 144 Å². The van der Waals surface area contributed by atoms with Gasteiger partial charge in [0.25, 0.3) is 0 Å². The number of piperidine rings is 1. The molecule has 4 heterocycles. The second-order valence-corrected chi connectivity index (χ2v) is 7.50. The van der Waals surface area contributed by atoms with E-state index < -0.39 is 0 Å². The lowest BCUT2D eigenvalue weighted by atomic mass is 9.77. The Morgan fingerprint density at radius 2 is 2.08 bits per heavy atom. The molecule has 4 rings (SSSR count). The van der Waals surface area contributed by atoms with E-state index in [0.29, 0.717) is 5.54 Å². The van der Waals surface area contributed by atoms with Gasteiger partial charge in [-0.3, -0.25) is 19.5 Å². The van der Waals surface area contributed by atoms with Crippen LogP contribution in [0.5, 0.6) is 0 Å². The third-order valence-electron chi connectivity index (χ3n) is 5.62. The second kappa shape index (κ2) is 6.30. The molecule has 5 heteroatoms. The summed E-state index contributed by atoms with van der Waals surface area (Å²) in [7, 11) is 1.99. The van der Waals surface area contributed by atoms with Gasteiger partial charge in [-0.05, 0) is 44.9 Å². The van der Waals surface area contributed by atoms with Gasteiger partial charge in [0.15, 0.2) is 0 Å². The molecule has 1 spiro atoms. The van der Waals surface area contributed by atoms with Crippen LogP contribution in [0, 0.1) is 6.92 Å². The van der Waals surface area contributed by atoms with Gasteiger partial charge in [-0.15, -0.1) is 0 Å². The Hall–Kier alpha value is -1.72. The molecule has 5 nitrogen and oxygen atoms in total. The Balaban J connectivity index is 1.42. The number of hydrogen-bond acceptors (Lipinski definition) is 4. The number of hydrogen-bond donors (Lipinski definition) is 0. The zero-order valence-electron chi connectivity index (χ0n) is 14.8. The van der Waals surface area contributed by atoms with E-state index in [9.17, 15) is 0 Å². The topological polar surface area (TPSA) is 37.2 Å². The lowest BCUT2D eigenvalue weighted by molar-refractivity contribution is -0.0741. The predicted molar refractivity (Wildman–Crippen MR) is 94.5 cm³/mol. The van der Waals surface area contributed by atoms with Gasteiger partial charge >= 0.3 is 0 Å². The number of aromatic nitrogens is 3. The van der Waals surface area contributed by atoms with Gasteiger partial charge < -0.3 is 0 Å². The molecule has 1 atom stereocenters. The summed E-state index contributed by atoms with van der Waals surface area (Å²) in [6.45, 7) is 7.66. The van der Waals surface area contributed by atoms with Crippen molar-refractivity contribution in [3.8, 4) is 0 Å². The van der Waals surface area contributed by atoms with E-state index in [1.165, 1.54) is 50.2 Å². The molecule has 2 saturated heterocycles. The average molecular weight is 325 g/mol. The fourth-order valence-corrected chi connectivity index (χ4v) is 4.33. The van der Waals surface area contributed by atoms with Crippen LogP contribution in [0.25, 0.3) is 0 Å². The van der Waals surface area contributed by atoms with Crippen molar-refractivity contribution in [3.05, 3.63) is 47.5 Å². The summed E-state index contributed by atoms with van der Waals surface area (Å²) in [6, 6.07) is 6.36. The van der Waals surface area contributed by atoms with Crippen molar-refractivity contribution < 1.29 is 0 Å². The summed E-state index contributed by atoms with van der Waals surface area (Å²) in [5.74, 6) is 0. The Morgan fingerprint density at radius 1 is 1.17 bits per heavy atom. The first kappa shape index (κ1) is 15.8. The molecule has 2 aromatic rings. The fourth-order valence-electron chi connectivity index (χ4n) is 4.33. The van der Waals surface area contributed by atoms with E-state index in [4.69, 9.17) is 4.98 Å². The highest BCUT2D eigenvalue weighted by Gasteiger charge is 2.46. The van der Waals surface area contributed by atoms with Crippen molar-refractivity contribution in [2.45, 2.75) is 44.8 Å². The summed E-state index contributed by atoms with van der Waals surface area (Å²) < 4.78 is 1.90. The summed E-state index contributed by atoms with van der Waals surface area (Å²) in [6.07, 6.45) is 8.07. The van der Waals surface area contributed by atoms with Crippen molar-refractivity contribution >= 4 is 0 Å².